The summed E-state index contributed by atoms with van der Waals surface area (Å²) in [7, 11) is 1.57. The summed E-state index contributed by atoms with van der Waals surface area (Å²) in [6.07, 6.45) is 3.39. The fraction of sp³-hybridized carbons (Fsp3) is 0.500. The molecule has 0 aliphatic rings. The highest BCUT2D eigenvalue weighted by atomic mass is 16.5. The lowest BCUT2D eigenvalue weighted by atomic mass is 10.3. The second-order valence-electron chi connectivity index (χ2n) is 4.24. The van der Waals surface area contributed by atoms with E-state index < -0.39 is 0 Å². The minimum absolute atomic E-state index is 0.0901. The molecule has 0 aromatic carbocycles. The maximum Gasteiger partial charge on any atom is 0.257 e. The normalized spacial score (nSPS) is 12.1. The quantitative estimate of drug-likeness (QED) is 0.619. The van der Waals surface area contributed by atoms with Crippen molar-refractivity contribution in [3.05, 3.63) is 18.5 Å². The number of ether oxygens (including phenoxy) is 1. The van der Waals surface area contributed by atoms with Gasteiger partial charge in [0.15, 0.2) is 0 Å². The van der Waals surface area contributed by atoms with Crippen LogP contribution in [0.15, 0.2) is 18.5 Å². The van der Waals surface area contributed by atoms with Gasteiger partial charge >= 0.3 is 0 Å². The molecule has 0 radical (unpaired) electrons. The molecule has 114 valence electrons. The molecule has 2 rings (SSSR count). The monoisotopic (exact) mass is 293 g/mol. The molecular formula is C12H19N7O2. The minimum Gasteiger partial charge on any atom is -0.394 e. The zero-order valence-corrected chi connectivity index (χ0v) is 12.0. The van der Waals surface area contributed by atoms with Crippen LogP contribution in [0.3, 0.4) is 0 Å². The smallest absolute Gasteiger partial charge is 0.257 e. The van der Waals surface area contributed by atoms with Crippen molar-refractivity contribution in [2.24, 2.45) is 0 Å². The number of methoxy groups -OCH3 is 1. The molecule has 1 unspecified atom stereocenters. The molecule has 0 spiro atoms. The number of anilines is 2. The van der Waals surface area contributed by atoms with Gasteiger partial charge in [0.25, 0.3) is 5.95 Å². The number of aliphatic hydroxyl groups excluding tert-OH is 1. The van der Waals surface area contributed by atoms with Gasteiger partial charge < -0.3 is 20.5 Å². The van der Waals surface area contributed by atoms with Gasteiger partial charge in [-0.05, 0) is 13.0 Å². The Kier molecular flexibility index (Phi) is 5.41. The third-order valence-electron chi connectivity index (χ3n) is 2.59. The van der Waals surface area contributed by atoms with Crippen molar-refractivity contribution in [3.63, 3.8) is 0 Å². The van der Waals surface area contributed by atoms with Gasteiger partial charge in [0.1, 0.15) is 0 Å². The van der Waals surface area contributed by atoms with E-state index in [9.17, 15) is 5.11 Å². The fourth-order valence-corrected chi connectivity index (χ4v) is 1.68. The van der Waals surface area contributed by atoms with Crippen molar-refractivity contribution < 1.29 is 9.84 Å². The Morgan fingerprint density at radius 1 is 1.33 bits per heavy atom. The highest BCUT2D eigenvalue weighted by molar-refractivity contribution is 5.38. The van der Waals surface area contributed by atoms with Crippen molar-refractivity contribution in [2.75, 3.05) is 37.5 Å². The lowest BCUT2D eigenvalue weighted by Gasteiger charge is -2.16. The number of hydrogen-bond donors (Lipinski definition) is 3. The van der Waals surface area contributed by atoms with Gasteiger partial charge in [0, 0.05) is 26.0 Å². The highest BCUT2D eigenvalue weighted by Crippen LogP contribution is 2.09. The van der Waals surface area contributed by atoms with Crippen LogP contribution in [0.25, 0.3) is 5.95 Å². The molecule has 0 aliphatic carbocycles. The second-order valence-corrected chi connectivity index (χ2v) is 4.24. The summed E-state index contributed by atoms with van der Waals surface area (Å²) in [4.78, 5) is 12.8. The molecule has 0 saturated carbocycles. The third kappa shape index (κ3) is 4.10. The SMILES string of the molecule is CCNc1nc(NC(CO)COC)nc(-n2cccn2)n1. The average Bonchev–Trinajstić information content (AvgIpc) is 3.01. The number of hydrogen-bond acceptors (Lipinski definition) is 8. The van der Waals surface area contributed by atoms with Gasteiger partial charge in [-0.1, -0.05) is 0 Å². The summed E-state index contributed by atoms with van der Waals surface area (Å²) in [5.74, 6) is 1.18. The second kappa shape index (κ2) is 7.50. The van der Waals surface area contributed by atoms with Crippen molar-refractivity contribution in [1.29, 1.82) is 0 Å². The van der Waals surface area contributed by atoms with Crippen molar-refractivity contribution in [1.82, 2.24) is 24.7 Å². The summed E-state index contributed by atoms with van der Waals surface area (Å²) in [6.45, 7) is 2.89. The van der Waals surface area contributed by atoms with E-state index in [1.807, 2.05) is 6.92 Å². The number of aliphatic hydroxyl groups is 1. The van der Waals surface area contributed by atoms with E-state index in [-0.39, 0.29) is 12.6 Å². The van der Waals surface area contributed by atoms with Crippen LogP contribution >= 0.6 is 0 Å². The van der Waals surface area contributed by atoms with Gasteiger partial charge in [-0.25, -0.2) is 4.68 Å². The molecule has 2 aromatic heterocycles. The summed E-state index contributed by atoms with van der Waals surface area (Å²) in [6, 6.07) is 1.49. The van der Waals surface area contributed by atoms with E-state index in [0.29, 0.717) is 31.0 Å². The Balaban J connectivity index is 2.27. The van der Waals surface area contributed by atoms with Crippen LogP contribution in [0.2, 0.25) is 0 Å². The van der Waals surface area contributed by atoms with E-state index >= 15 is 0 Å². The first-order valence-corrected chi connectivity index (χ1v) is 6.63. The number of aromatic nitrogens is 5. The Hall–Kier alpha value is -2.26. The van der Waals surface area contributed by atoms with Gasteiger partial charge in [-0.2, -0.15) is 20.1 Å². The zero-order chi connectivity index (χ0) is 15.1. The Morgan fingerprint density at radius 3 is 2.76 bits per heavy atom. The predicted octanol–water partition coefficient (Wildman–Crippen LogP) is -0.0917. The molecular weight excluding hydrogens is 274 g/mol. The van der Waals surface area contributed by atoms with Crippen molar-refractivity contribution >= 4 is 11.9 Å². The predicted molar refractivity (Wildman–Crippen MR) is 77.5 cm³/mol. The van der Waals surface area contributed by atoms with Crippen LogP contribution in [-0.2, 0) is 4.74 Å². The standard InChI is InChI=1S/C12H19N7O2/c1-3-13-10-16-11(15-9(7-20)8-21-2)18-12(17-10)19-6-4-5-14-19/h4-6,9,20H,3,7-8H2,1-2H3,(H2,13,15,16,17,18). The molecule has 3 N–H and O–H groups in total. The average molecular weight is 293 g/mol. The van der Waals surface area contributed by atoms with Crippen LogP contribution in [0.5, 0.6) is 0 Å². The van der Waals surface area contributed by atoms with E-state index in [2.05, 4.69) is 30.7 Å². The molecule has 2 aromatic rings. The maximum absolute atomic E-state index is 9.30. The number of nitrogens with zero attached hydrogens (tertiary/aromatic N) is 5. The first-order chi connectivity index (χ1) is 10.3. The van der Waals surface area contributed by atoms with Gasteiger partial charge in [-0.15, -0.1) is 0 Å². The van der Waals surface area contributed by atoms with Crippen LogP contribution in [0.1, 0.15) is 6.92 Å². The van der Waals surface area contributed by atoms with Crippen LogP contribution in [-0.4, -0.2) is 62.7 Å². The lowest BCUT2D eigenvalue weighted by molar-refractivity contribution is 0.153. The minimum atomic E-state index is -0.294. The fourth-order valence-electron chi connectivity index (χ4n) is 1.68. The highest BCUT2D eigenvalue weighted by Gasteiger charge is 2.12. The molecule has 0 amide bonds. The largest absolute Gasteiger partial charge is 0.394 e. The molecule has 9 nitrogen and oxygen atoms in total. The van der Waals surface area contributed by atoms with E-state index in [1.165, 1.54) is 4.68 Å². The molecule has 0 bridgehead atoms. The van der Waals surface area contributed by atoms with Crippen LogP contribution in [0, 0.1) is 0 Å². The summed E-state index contributed by atoms with van der Waals surface area (Å²) in [5.41, 5.74) is 0. The van der Waals surface area contributed by atoms with Crippen LogP contribution in [0.4, 0.5) is 11.9 Å². The molecule has 21 heavy (non-hydrogen) atoms. The summed E-state index contributed by atoms with van der Waals surface area (Å²) >= 11 is 0. The van der Waals surface area contributed by atoms with E-state index in [0.717, 1.165) is 0 Å². The van der Waals surface area contributed by atoms with Gasteiger partial charge in [0.05, 0.1) is 19.3 Å². The summed E-state index contributed by atoms with van der Waals surface area (Å²) in [5, 5.41) is 19.4. The van der Waals surface area contributed by atoms with E-state index in [4.69, 9.17) is 4.74 Å². The maximum atomic E-state index is 9.30. The van der Waals surface area contributed by atoms with Crippen LogP contribution < -0.4 is 10.6 Å². The zero-order valence-electron chi connectivity index (χ0n) is 12.0. The van der Waals surface area contributed by atoms with Crippen molar-refractivity contribution in [2.45, 2.75) is 13.0 Å². The topological polar surface area (TPSA) is 110 Å². The first-order valence-electron chi connectivity index (χ1n) is 6.63. The molecule has 1 atom stereocenters. The Labute approximate surface area is 122 Å². The first kappa shape index (κ1) is 15.1. The number of rotatable bonds is 8. The molecule has 2 heterocycles. The molecule has 0 saturated heterocycles. The van der Waals surface area contributed by atoms with Crippen molar-refractivity contribution in [3.8, 4) is 5.95 Å². The Morgan fingerprint density at radius 2 is 2.14 bits per heavy atom. The third-order valence-corrected chi connectivity index (χ3v) is 2.59. The Bertz CT molecular complexity index is 547. The summed E-state index contributed by atoms with van der Waals surface area (Å²) < 4.78 is 6.56. The number of nitrogens with one attached hydrogen (secondary N) is 2. The van der Waals surface area contributed by atoms with E-state index in [1.54, 1.807) is 25.6 Å². The molecule has 0 fully saturated rings. The molecule has 9 heteroatoms. The molecule has 0 aliphatic heterocycles. The van der Waals surface area contributed by atoms with Gasteiger partial charge in [-0.3, -0.25) is 0 Å². The lowest BCUT2D eigenvalue weighted by Crippen LogP contribution is -2.30. The van der Waals surface area contributed by atoms with Gasteiger partial charge in [0.2, 0.25) is 11.9 Å².